The summed E-state index contributed by atoms with van der Waals surface area (Å²) in [4.78, 5) is 17.0. The molecule has 0 radical (unpaired) electrons. The summed E-state index contributed by atoms with van der Waals surface area (Å²) < 4.78 is 0. The van der Waals surface area contributed by atoms with E-state index in [4.69, 9.17) is 11.6 Å². The van der Waals surface area contributed by atoms with Crippen molar-refractivity contribution in [3.05, 3.63) is 58.8 Å². The van der Waals surface area contributed by atoms with Crippen molar-refractivity contribution in [1.29, 1.82) is 0 Å². The zero-order chi connectivity index (χ0) is 17.1. The smallest absolute Gasteiger partial charge is 0.227 e. The standard InChI is InChI=1S/C17H17ClN6/c1-10-7-11(2)21-17(20-10)23-14-6-4-5-13(9-14)22-15-8-12(3)19-16(18)24-15/h4-9H,1-3H3,(H,19,22,24)(H,20,21,23). The second-order valence-electron chi connectivity index (χ2n) is 5.47. The van der Waals surface area contributed by atoms with E-state index in [2.05, 4.69) is 30.6 Å². The second kappa shape index (κ2) is 6.80. The van der Waals surface area contributed by atoms with Crippen LogP contribution in [0.15, 0.2) is 36.4 Å². The van der Waals surface area contributed by atoms with E-state index in [1.54, 1.807) is 0 Å². The van der Waals surface area contributed by atoms with Crippen LogP contribution in [0, 0.1) is 20.8 Å². The molecule has 0 bridgehead atoms. The van der Waals surface area contributed by atoms with E-state index in [0.29, 0.717) is 11.8 Å². The summed E-state index contributed by atoms with van der Waals surface area (Å²) in [6, 6.07) is 11.5. The second-order valence-corrected chi connectivity index (χ2v) is 5.81. The average Bonchev–Trinajstić information content (AvgIpc) is 2.45. The van der Waals surface area contributed by atoms with Crippen LogP contribution in [-0.4, -0.2) is 19.9 Å². The van der Waals surface area contributed by atoms with Crippen molar-refractivity contribution in [2.24, 2.45) is 0 Å². The number of nitrogens with one attached hydrogen (secondary N) is 2. The van der Waals surface area contributed by atoms with E-state index in [9.17, 15) is 0 Å². The van der Waals surface area contributed by atoms with Crippen LogP contribution in [0.4, 0.5) is 23.1 Å². The molecule has 1 aromatic carbocycles. The first-order valence-corrected chi connectivity index (χ1v) is 7.83. The summed E-state index contributed by atoms with van der Waals surface area (Å²) in [6.07, 6.45) is 0. The molecule has 0 aliphatic rings. The fourth-order valence-electron chi connectivity index (χ4n) is 2.33. The van der Waals surface area contributed by atoms with Crippen LogP contribution in [0.5, 0.6) is 0 Å². The summed E-state index contributed by atoms with van der Waals surface area (Å²) in [5, 5.41) is 6.65. The molecule has 0 aliphatic carbocycles. The third kappa shape index (κ3) is 4.17. The van der Waals surface area contributed by atoms with Gasteiger partial charge in [0.25, 0.3) is 0 Å². The van der Waals surface area contributed by atoms with Crippen molar-refractivity contribution in [1.82, 2.24) is 19.9 Å². The Morgan fingerprint density at radius 3 is 2.04 bits per heavy atom. The van der Waals surface area contributed by atoms with Crippen LogP contribution in [0.1, 0.15) is 17.1 Å². The predicted octanol–water partition coefficient (Wildman–Crippen LogP) is 4.33. The van der Waals surface area contributed by atoms with Gasteiger partial charge in [-0.15, -0.1) is 0 Å². The molecule has 0 saturated carbocycles. The van der Waals surface area contributed by atoms with Crippen molar-refractivity contribution in [3.8, 4) is 0 Å². The van der Waals surface area contributed by atoms with E-state index in [0.717, 1.165) is 28.5 Å². The van der Waals surface area contributed by atoms with Crippen molar-refractivity contribution in [2.75, 3.05) is 10.6 Å². The number of aromatic nitrogens is 4. The SMILES string of the molecule is Cc1cc(Nc2cccc(Nc3nc(C)cc(C)n3)c2)nc(Cl)n1. The molecule has 2 aromatic heterocycles. The molecule has 2 heterocycles. The van der Waals surface area contributed by atoms with Crippen LogP contribution in [0.2, 0.25) is 5.28 Å². The highest BCUT2D eigenvalue weighted by Gasteiger charge is 2.04. The van der Waals surface area contributed by atoms with Gasteiger partial charge in [-0.1, -0.05) is 6.07 Å². The van der Waals surface area contributed by atoms with Crippen LogP contribution in [0.3, 0.4) is 0 Å². The fraction of sp³-hybridized carbons (Fsp3) is 0.176. The highest BCUT2D eigenvalue weighted by molar-refractivity contribution is 6.28. The van der Waals surface area contributed by atoms with Gasteiger partial charge in [-0.2, -0.15) is 0 Å². The zero-order valence-electron chi connectivity index (χ0n) is 13.6. The summed E-state index contributed by atoms with van der Waals surface area (Å²) in [6.45, 7) is 5.76. The number of benzene rings is 1. The number of halogens is 1. The molecular weight excluding hydrogens is 324 g/mol. The van der Waals surface area contributed by atoms with E-state index in [1.165, 1.54) is 0 Å². The molecule has 3 rings (SSSR count). The quantitative estimate of drug-likeness (QED) is 0.688. The molecule has 7 heteroatoms. The lowest BCUT2D eigenvalue weighted by molar-refractivity contribution is 1.06. The van der Waals surface area contributed by atoms with Gasteiger partial charge in [0.15, 0.2) is 0 Å². The third-order valence-electron chi connectivity index (χ3n) is 3.20. The maximum Gasteiger partial charge on any atom is 0.227 e. The van der Waals surface area contributed by atoms with Gasteiger partial charge in [0.05, 0.1) is 0 Å². The number of nitrogens with zero attached hydrogens (tertiary/aromatic N) is 4. The van der Waals surface area contributed by atoms with Crippen molar-refractivity contribution < 1.29 is 0 Å². The predicted molar refractivity (Wildman–Crippen MR) is 96.3 cm³/mol. The Balaban J connectivity index is 1.81. The monoisotopic (exact) mass is 340 g/mol. The molecule has 6 nitrogen and oxygen atoms in total. The minimum absolute atomic E-state index is 0.218. The summed E-state index contributed by atoms with van der Waals surface area (Å²) >= 11 is 5.89. The Morgan fingerprint density at radius 2 is 1.38 bits per heavy atom. The molecule has 0 fully saturated rings. The zero-order valence-corrected chi connectivity index (χ0v) is 14.4. The fourth-order valence-corrected chi connectivity index (χ4v) is 2.55. The molecule has 0 unspecified atom stereocenters. The molecule has 0 amide bonds. The Kier molecular flexibility index (Phi) is 4.57. The highest BCUT2D eigenvalue weighted by atomic mass is 35.5. The molecule has 24 heavy (non-hydrogen) atoms. The first-order chi connectivity index (χ1) is 11.5. The lowest BCUT2D eigenvalue weighted by Gasteiger charge is -2.10. The summed E-state index contributed by atoms with van der Waals surface area (Å²) in [7, 11) is 0. The third-order valence-corrected chi connectivity index (χ3v) is 3.37. The largest absolute Gasteiger partial charge is 0.340 e. The van der Waals surface area contributed by atoms with E-state index < -0.39 is 0 Å². The lowest BCUT2D eigenvalue weighted by atomic mass is 10.2. The van der Waals surface area contributed by atoms with Crippen LogP contribution in [-0.2, 0) is 0 Å². The van der Waals surface area contributed by atoms with E-state index in [-0.39, 0.29) is 5.28 Å². The number of anilines is 4. The number of hydrogen-bond acceptors (Lipinski definition) is 6. The van der Waals surface area contributed by atoms with Gasteiger partial charge in [0.1, 0.15) is 5.82 Å². The number of rotatable bonds is 4. The van der Waals surface area contributed by atoms with Crippen molar-refractivity contribution >= 4 is 34.7 Å². The molecule has 0 aliphatic heterocycles. The highest BCUT2D eigenvalue weighted by Crippen LogP contribution is 2.22. The van der Waals surface area contributed by atoms with Crippen molar-refractivity contribution in [2.45, 2.75) is 20.8 Å². The minimum Gasteiger partial charge on any atom is -0.340 e. The van der Waals surface area contributed by atoms with Crippen LogP contribution < -0.4 is 10.6 Å². The number of aryl methyl sites for hydroxylation is 3. The normalized spacial score (nSPS) is 10.5. The topological polar surface area (TPSA) is 75.6 Å². The van der Waals surface area contributed by atoms with Crippen LogP contribution >= 0.6 is 11.6 Å². The Labute approximate surface area is 145 Å². The van der Waals surface area contributed by atoms with E-state index in [1.807, 2.05) is 57.2 Å². The summed E-state index contributed by atoms with van der Waals surface area (Å²) in [5.41, 5.74) is 4.39. The molecular formula is C17H17ClN6. The van der Waals surface area contributed by atoms with Gasteiger partial charge < -0.3 is 10.6 Å². The molecule has 3 aromatic rings. The van der Waals surface area contributed by atoms with Crippen molar-refractivity contribution in [3.63, 3.8) is 0 Å². The summed E-state index contributed by atoms with van der Waals surface area (Å²) in [5.74, 6) is 1.22. The van der Waals surface area contributed by atoms with Gasteiger partial charge in [-0.3, -0.25) is 0 Å². The lowest BCUT2D eigenvalue weighted by Crippen LogP contribution is -2.01. The molecule has 2 N–H and O–H groups in total. The molecule has 122 valence electrons. The van der Waals surface area contributed by atoms with Gasteiger partial charge >= 0.3 is 0 Å². The first-order valence-electron chi connectivity index (χ1n) is 7.45. The Hall–Kier alpha value is -2.73. The minimum atomic E-state index is 0.218. The maximum atomic E-state index is 5.89. The Morgan fingerprint density at radius 1 is 0.750 bits per heavy atom. The van der Waals surface area contributed by atoms with Gasteiger partial charge in [-0.25, -0.2) is 19.9 Å². The van der Waals surface area contributed by atoms with Gasteiger partial charge in [0.2, 0.25) is 11.2 Å². The Bertz CT molecular complexity index is 771. The van der Waals surface area contributed by atoms with E-state index >= 15 is 0 Å². The maximum absolute atomic E-state index is 5.89. The van der Waals surface area contributed by atoms with Gasteiger partial charge in [-0.05, 0) is 56.6 Å². The first kappa shape index (κ1) is 16.1. The number of hydrogen-bond donors (Lipinski definition) is 2. The molecule has 0 saturated heterocycles. The van der Waals surface area contributed by atoms with Gasteiger partial charge in [0, 0.05) is 34.5 Å². The average molecular weight is 341 g/mol. The van der Waals surface area contributed by atoms with Crippen LogP contribution in [0.25, 0.3) is 0 Å². The molecule has 0 spiro atoms. The molecule has 0 atom stereocenters.